The van der Waals surface area contributed by atoms with Gasteiger partial charge in [0.2, 0.25) is 0 Å². The number of rotatable bonds is 2. The second-order valence-electron chi connectivity index (χ2n) is 3.15. The highest BCUT2D eigenvalue weighted by molar-refractivity contribution is 7.20. The first kappa shape index (κ1) is 10.7. The standard InChI is InChI=1S/C12H8FNOS/c1-2-6-14-12(15)11-7-8-9(13)4-3-5-10(8)16-11/h1,3-5,7H,6H2,(H,14,15). The van der Waals surface area contributed by atoms with Crippen molar-refractivity contribution in [2.45, 2.75) is 0 Å². The van der Waals surface area contributed by atoms with Crippen LogP contribution in [0.5, 0.6) is 0 Å². The molecule has 1 N–H and O–H groups in total. The van der Waals surface area contributed by atoms with Gasteiger partial charge in [0, 0.05) is 10.1 Å². The van der Waals surface area contributed by atoms with Crippen molar-refractivity contribution in [1.29, 1.82) is 0 Å². The minimum atomic E-state index is -0.315. The van der Waals surface area contributed by atoms with Crippen LogP contribution in [0.3, 0.4) is 0 Å². The molecule has 0 fully saturated rings. The smallest absolute Gasteiger partial charge is 0.262 e. The molecule has 2 aromatic rings. The molecule has 0 bridgehead atoms. The molecule has 0 aliphatic rings. The molecule has 1 heterocycles. The van der Waals surface area contributed by atoms with Gasteiger partial charge in [0.05, 0.1) is 11.4 Å². The van der Waals surface area contributed by atoms with Crippen LogP contribution >= 0.6 is 11.3 Å². The Morgan fingerprint density at radius 1 is 1.56 bits per heavy atom. The van der Waals surface area contributed by atoms with Gasteiger partial charge in [-0.3, -0.25) is 4.79 Å². The maximum Gasteiger partial charge on any atom is 0.262 e. The summed E-state index contributed by atoms with van der Waals surface area (Å²) in [5, 5.41) is 3.01. The lowest BCUT2D eigenvalue weighted by atomic mass is 10.2. The van der Waals surface area contributed by atoms with Crippen molar-refractivity contribution in [3.8, 4) is 12.3 Å². The van der Waals surface area contributed by atoms with Gasteiger partial charge in [-0.05, 0) is 18.2 Å². The molecule has 0 spiro atoms. The zero-order valence-corrected chi connectivity index (χ0v) is 9.10. The zero-order chi connectivity index (χ0) is 11.5. The largest absolute Gasteiger partial charge is 0.340 e. The number of nitrogens with one attached hydrogen (secondary N) is 1. The topological polar surface area (TPSA) is 29.1 Å². The van der Waals surface area contributed by atoms with Crippen LogP contribution < -0.4 is 5.32 Å². The average Bonchev–Trinajstić information content (AvgIpc) is 2.71. The molecule has 4 heteroatoms. The summed E-state index contributed by atoms with van der Waals surface area (Å²) in [6.45, 7) is 0.176. The summed E-state index contributed by atoms with van der Waals surface area (Å²) in [5.74, 6) is 1.73. The molecular weight excluding hydrogens is 225 g/mol. The highest BCUT2D eigenvalue weighted by Crippen LogP contribution is 2.27. The van der Waals surface area contributed by atoms with E-state index in [1.165, 1.54) is 17.4 Å². The van der Waals surface area contributed by atoms with E-state index in [0.29, 0.717) is 10.3 Å². The average molecular weight is 233 g/mol. The van der Waals surface area contributed by atoms with E-state index in [9.17, 15) is 9.18 Å². The maximum atomic E-state index is 13.4. The lowest BCUT2D eigenvalue weighted by Gasteiger charge is -1.95. The summed E-state index contributed by atoms with van der Waals surface area (Å²) in [5.41, 5.74) is 0. The van der Waals surface area contributed by atoms with Gasteiger partial charge in [0.1, 0.15) is 5.82 Å². The van der Waals surface area contributed by atoms with E-state index in [0.717, 1.165) is 4.70 Å². The molecule has 0 unspecified atom stereocenters. The predicted molar refractivity (Wildman–Crippen MR) is 62.9 cm³/mol. The minimum absolute atomic E-state index is 0.176. The molecule has 80 valence electrons. The van der Waals surface area contributed by atoms with Crippen molar-refractivity contribution in [3.63, 3.8) is 0 Å². The van der Waals surface area contributed by atoms with E-state index in [-0.39, 0.29) is 18.3 Å². The molecule has 2 nitrogen and oxygen atoms in total. The number of carbonyl (C=O) groups is 1. The van der Waals surface area contributed by atoms with Crippen LogP contribution in [0, 0.1) is 18.2 Å². The van der Waals surface area contributed by atoms with E-state index in [1.807, 2.05) is 0 Å². The second-order valence-corrected chi connectivity index (χ2v) is 4.23. The number of halogens is 1. The summed E-state index contributed by atoms with van der Waals surface area (Å²) >= 11 is 1.25. The van der Waals surface area contributed by atoms with Crippen molar-refractivity contribution in [2.24, 2.45) is 0 Å². The molecule has 1 aromatic carbocycles. The summed E-state index contributed by atoms with van der Waals surface area (Å²) in [7, 11) is 0. The number of benzene rings is 1. The zero-order valence-electron chi connectivity index (χ0n) is 8.29. The number of amides is 1. The Bertz CT molecular complexity index is 582. The van der Waals surface area contributed by atoms with Crippen molar-refractivity contribution in [2.75, 3.05) is 6.54 Å². The van der Waals surface area contributed by atoms with Crippen LogP contribution in [0.25, 0.3) is 10.1 Å². The van der Waals surface area contributed by atoms with Crippen LogP contribution in [0.4, 0.5) is 4.39 Å². The first-order valence-electron chi connectivity index (χ1n) is 4.62. The molecule has 2 rings (SSSR count). The summed E-state index contributed by atoms with van der Waals surface area (Å²) in [6, 6.07) is 6.32. The first-order chi connectivity index (χ1) is 7.72. The van der Waals surface area contributed by atoms with Crippen LogP contribution in [0.2, 0.25) is 0 Å². The Labute approximate surface area is 96.1 Å². The fraction of sp³-hybridized carbons (Fsp3) is 0.0833. The first-order valence-corrected chi connectivity index (χ1v) is 5.44. The van der Waals surface area contributed by atoms with Crippen LogP contribution in [0.1, 0.15) is 9.67 Å². The third kappa shape index (κ3) is 1.90. The van der Waals surface area contributed by atoms with E-state index in [4.69, 9.17) is 6.42 Å². The maximum absolute atomic E-state index is 13.4. The van der Waals surface area contributed by atoms with Crippen molar-refractivity contribution >= 4 is 27.3 Å². The summed E-state index contributed by atoms with van der Waals surface area (Å²) in [4.78, 5) is 12.0. The normalized spacial score (nSPS) is 10.0. The monoisotopic (exact) mass is 233 g/mol. The van der Waals surface area contributed by atoms with Gasteiger partial charge in [-0.1, -0.05) is 12.0 Å². The SMILES string of the molecule is C#CCNC(=O)c1cc2c(F)cccc2s1. The fourth-order valence-corrected chi connectivity index (χ4v) is 2.35. The molecule has 0 atom stereocenters. The fourth-order valence-electron chi connectivity index (χ4n) is 1.36. The minimum Gasteiger partial charge on any atom is -0.340 e. The third-order valence-corrected chi connectivity index (χ3v) is 3.18. The summed E-state index contributed by atoms with van der Waals surface area (Å²) in [6.07, 6.45) is 5.03. The number of terminal acetylenes is 1. The quantitative estimate of drug-likeness (QED) is 0.793. The molecule has 0 saturated carbocycles. The van der Waals surface area contributed by atoms with Crippen molar-refractivity contribution in [3.05, 3.63) is 35.0 Å². The van der Waals surface area contributed by atoms with Gasteiger partial charge >= 0.3 is 0 Å². The molecule has 0 radical (unpaired) electrons. The highest BCUT2D eigenvalue weighted by atomic mass is 32.1. The number of fused-ring (bicyclic) bond motifs is 1. The number of hydrogen-bond donors (Lipinski definition) is 1. The van der Waals surface area contributed by atoms with E-state index in [2.05, 4.69) is 11.2 Å². The number of hydrogen-bond acceptors (Lipinski definition) is 2. The lowest BCUT2D eigenvalue weighted by Crippen LogP contribution is -2.22. The van der Waals surface area contributed by atoms with E-state index >= 15 is 0 Å². The van der Waals surface area contributed by atoms with Gasteiger partial charge in [-0.2, -0.15) is 0 Å². The van der Waals surface area contributed by atoms with Gasteiger partial charge in [-0.25, -0.2) is 4.39 Å². The Morgan fingerprint density at radius 3 is 3.06 bits per heavy atom. The van der Waals surface area contributed by atoms with Gasteiger partial charge in [-0.15, -0.1) is 17.8 Å². The van der Waals surface area contributed by atoms with Crippen LogP contribution in [-0.4, -0.2) is 12.5 Å². The highest BCUT2D eigenvalue weighted by Gasteiger charge is 2.11. The van der Waals surface area contributed by atoms with Crippen molar-refractivity contribution < 1.29 is 9.18 Å². The van der Waals surface area contributed by atoms with Gasteiger partial charge < -0.3 is 5.32 Å². The lowest BCUT2D eigenvalue weighted by molar-refractivity contribution is 0.0963. The molecule has 0 saturated heterocycles. The summed E-state index contributed by atoms with van der Waals surface area (Å²) < 4.78 is 14.1. The van der Waals surface area contributed by atoms with Gasteiger partial charge in [0.25, 0.3) is 5.91 Å². The Morgan fingerprint density at radius 2 is 2.38 bits per heavy atom. The molecule has 0 aliphatic heterocycles. The Kier molecular flexibility index (Phi) is 2.88. The van der Waals surface area contributed by atoms with Crippen LogP contribution in [-0.2, 0) is 0 Å². The second kappa shape index (κ2) is 4.33. The molecule has 1 aromatic heterocycles. The molecule has 16 heavy (non-hydrogen) atoms. The number of thiophene rings is 1. The molecule has 1 amide bonds. The third-order valence-electron chi connectivity index (χ3n) is 2.08. The van der Waals surface area contributed by atoms with Crippen LogP contribution in [0.15, 0.2) is 24.3 Å². The van der Waals surface area contributed by atoms with Gasteiger partial charge in [0.15, 0.2) is 0 Å². The van der Waals surface area contributed by atoms with Crippen molar-refractivity contribution in [1.82, 2.24) is 5.32 Å². The predicted octanol–water partition coefficient (Wildman–Crippen LogP) is 2.40. The van der Waals surface area contributed by atoms with E-state index in [1.54, 1.807) is 18.2 Å². The Balaban J connectivity index is 2.37. The Hall–Kier alpha value is -1.86. The van der Waals surface area contributed by atoms with E-state index < -0.39 is 0 Å². The number of carbonyl (C=O) groups excluding carboxylic acids is 1. The molecule has 0 aliphatic carbocycles. The molecular formula is C12H8FNOS.